The van der Waals surface area contributed by atoms with Crippen molar-refractivity contribution in [2.45, 2.75) is 50.7 Å². The van der Waals surface area contributed by atoms with Gasteiger partial charge < -0.3 is 9.74 Å². The number of carbonyl (C=O) groups is 1. The molecule has 0 spiro atoms. The maximum atomic E-state index is 12.5. The molecule has 4 atom stereocenters. The number of piperidine rings is 2. The molecular weight excluding hydrogens is 216 g/mol. The van der Waals surface area contributed by atoms with Gasteiger partial charge >= 0.3 is 0 Å². The minimum Gasteiger partial charge on any atom is -0.392 e. The summed E-state index contributed by atoms with van der Waals surface area (Å²) in [6.07, 6.45) is 6.88. The maximum absolute atomic E-state index is 12.5. The predicted molar refractivity (Wildman–Crippen MR) is 62.5 cm³/mol. The first-order valence-electron chi connectivity index (χ1n) is 6.90. The van der Waals surface area contributed by atoms with Gasteiger partial charge in [-0.05, 0) is 38.5 Å². The molecule has 0 N–H and O–H groups in total. The zero-order valence-corrected chi connectivity index (χ0v) is 9.97. The van der Waals surface area contributed by atoms with Crippen LogP contribution in [0, 0.1) is 11.8 Å². The molecule has 0 unspecified atom stereocenters. The summed E-state index contributed by atoms with van der Waals surface area (Å²) in [5.41, 5.74) is 1.19. The lowest BCUT2D eigenvalue weighted by Gasteiger charge is -2.46. The summed E-state index contributed by atoms with van der Waals surface area (Å²) in [7, 11) is 0. The molecule has 1 aliphatic carbocycles. The quantitative estimate of drug-likeness (QED) is 0.638. The highest BCUT2D eigenvalue weighted by atomic mass is 16.6. The van der Waals surface area contributed by atoms with Crippen molar-refractivity contribution >= 4 is 11.6 Å². The third-order valence-corrected chi connectivity index (χ3v) is 4.92. The fourth-order valence-corrected chi connectivity index (χ4v) is 4.14. The van der Waals surface area contributed by atoms with Crippen molar-refractivity contribution in [2.75, 3.05) is 6.54 Å². The van der Waals surface area contributed by atoms with Gasteiger partial charge in [0.05, 0.1) is 23.6 Å². The Morgan fingerprint density at radius 1 is 1.18 bits per heavy atom. The molecule has 4 heteroatoms. The van der Waals surface area contributed by atoms with E-state index < -0.39 is 0 Å². The van der Waals surface area contributed by atoms with E-state index >= 15 is 0 Å². The molecule has 0 aromatic heterocycles. The van der Waals surface area contributed by atoms with E-state index in [1.807, 2.05) is 0 Å². The molecule has 3 fully saturated rings. The Morgan fingerprint density at radius 2 is 2.12 bits per heavy atom. The van der Waals surface area contributed by atoms with Gasteiger partial charge in [0, 0.05) is 6.54 Å². The van der Waals surface area contributed by atoms with Gasteiger partial charge in [0.25, 0.3) is 0 Å². The Labute approximate surface area is 101 Å². The molecule has 92 valence electrons. The molecule has 3 heterocycles. The van der Waals surface area contributed by atoms with Crippen molar-refractivity contribution in [2.24, 2.45) is 17.0 Å². The SMILES string of the molecule is O=C1[C@@H]2CCC[C@@H]3ON=C([C@@H]32)[C@@H]2CCCCN12. The molecule has 0 radical (unpaired) electrons. The number of nitrogens with zero attached hydrogens (tertiary/aromatic N) is 2. The Morgan fingerprint density at radius 3 is 3.06 bits per heavy atom. The normalized spacial score (nSPS) is 43.6. The Balaban J connectivity index is 1.74. The molecule has 4 aliphatic rings. The molecule has 0 aromatic rings. The van der Waals surface area contributed by atoms with Crippen LogP contribution >= 0.6 is 0 Å². The van der Waals surface area contributed by atoms with Gasteiger partial charge in [-0.2, -0.15) is 0 Å². The van der Waals surface area contributed by atoms with Crippen molar-refractivity contribution in [1.29, 1.82) is 0 Å². The average Bonchev–Trinajstić information content (AvgIpc) is 2.81. The highest BCUT2D eigenvalue weighted by Gasteiger charge is 2.54. The zero-order valence-electron chi connectivity index (χ0n) is 9.97. The summed E-state index contributed by atoms with van der Waals surface area (Å²) in [6.45, 7) is 0.927. The Hall–Kier alpha value is -1.06. The van der Waals surface area contributed by atoms with E-state index in [2.05, 4.69) is 10.1 Å². The predicted octanol–water partition coefficient (Wildman–Crippen LogP) is 1.55. The van der Waals surface area contributed by atoms with E-state index in [0.29, 0.717) is 11.8 Å². The monoisotopic (exact) mass is 234 g/mol. The van der Waals surface area contributed by atoms with Crippen molar-refractivity contribution in [3.8, 4) is 0 Å². The van der Waals surface area contributed by atoms with Crippen LogP contribution < -0.4 is 0 Å². The number of carbonyl (C=O) groups excluding carboxylic acids is 1. The van der Waals surface area contributed by atoms with Gasteiger partial charge in [-0.15, -0.1) is 0 Å². The van der Waals surface area contributed by atoms with Crippen LogP contribution in [0.3, 0.4) is 0 Å². The van der Waals surface area contributed by atoms with Crippen LogP contribution in [0.5, 0.6) is 0 Å². The van der Waals surface area contributed by atoms with Crippen molar-refractivity contribution < 1.29 is 9.63 Å². The zero-order chi connectivity index (χ0) is 11.4. The van der Waals surface area contributed by atoms with Gasteiger partial charge in [-0.1, -0.05) is 5.16 Å². The lowest BCUT2D eigenvalue weighted by molar-refractivity contribution is -0.143. The van der Waals surface area contributed by atoms with E-state index in [4.69, 9.17) is 4.84 Å². The van der Waals surface area contributed by atoms with E-state index in [-0.39, 0.29) is 18.1 Å². The topological polar surface area (TPSA) is 41.9 Å². The van der Waals surface area contributed by atoms with Crippen LogP contribution in [0.2, 0.25) is 0 Å². The largest absolute Gasteiger partial charge is 0.392 e. The number of oxime groups is 1. The molecule has 0 aromatic carbocycles. The molecule has 17 heavy (non-hydrogen) atoms. The lowest BCUT2D eigenvalue weighted by Crippen LogP contribution is -2.60. The van der Waals surface area contributed by atoms with Crippen molar-refractivity contribution in [1.82, 2.24) is 4.90 Å². The number of hydrogen-bond acceptors (Lipinski definition) is 3. The molecule has 1 amide bonds. The summed E-state index contributed by atoms with van der Waals surface area (Å²) in [5.74, 6) is 0.869. The lowest BCUT2D eigenvalue weighted by atomic mass is 9.69. The van der Waals surface area contributed by atoms with Crippen LogP contribution in [-0.4, -0.2) is 35.2 Å². The van der Waals surface area contributed by atoms with Crippen molar-refractivity contribution in [3.63, 3.8) is 0 Å². The summed E-state index contributed by atoms with van der Waals surface area (Å²) in [5, 5.41) is 4.34. The standard InChI is InChI=1S/C13H18N2O2/c16-13-8-4-3-6-10-11(8)12(14-17-10)9-5-1-2-7-15(9)13/h8-11H,1-7H2/t8-,9+,10+,11-/m1/s1. The van der Waals surface area contributed by atoms with Gasteiger partial charge in [0.15, 0.2) is 0 Å². The van der Waals surface area contributed by atoms with Crippen LogP contribution in [0.1, 0.15) is 38.5 Å². The second-order valence-electron chi connectivity index (χ2n) is 5.77. The summed E-state index contributed by atoms with van der Waals surface area (Å²) >= 11 is 0. The molecule has 2 saturated heterocycles. The van der Waals surface area contributed by atoms with E-state index in [1.54, 1.807) is 0 Å². The Bertz CT molecular complexity index is 393. The first kappa shape index (κ1) is 9.92. The Kier molecular flexibility index (Phi) is 2.02. The molecule has 0 bridgehead atoms. The first-order valence-corrected chi connectivity index (χ1v) is 6.90. The molecule has 4 nitrogen and oxygen atoms in total. The fraction of sp³-hybridized carbons (Fsp3) is 0.846. The fourth-order valence-electron chi connectivity index (χ4n) is 4.14. The van der Waals surface area contributed by atoms with Crippen LogP contribution in [-0.2, 0) is 9.63 Å². The van der Waals surface area contributed by atoms with Crippen LogP contribution in [0.15, 0.2) is 5.16 Å². The van der Waals surface area contributed by atoms with Gasteiger partial charge in [-0.25, -0.2) is 0 Å². The van der Waals surface area contributed by atoms with Crippen LogP contribution in [0.25, 0.3) is 0 Å². The number of hydrogen-bond donors (Lipinski definition) is 0. The minimum absolute atomic E-state index is 0.171. The third kappa shape index (κ3) is 1.24. The molecular formula is C13H18N2O2. The van der Waals surface area contributed by atoms with Gasteiger partial charge in [-0.3, -0.25) is 4.79 Å². The van der Waals surface area contributed by atoms with Gasteiger partial charge in [0.2, 0.25) is 5.91 Å². The number of fused-ring (bicyclic) bond motifs is 2. The smallest absolute Gasteiger partial charge is 0.227 e. The number of amides is 1. The molecule has 1 saturated carbocycles. The summed E-state index contributed by atoms with van der Waals surface area (Å²) in [4.78, 5) is 20.2. The average molecular weight is 234 g/mol. The second kappa shape index (κ2) is 3.47. The van der Waals surface area contributed by atoms with E-state index in [0.717, 1.165) is 38.6 Å². The van der Waals surface area contributed by atoms with Gasteiger partial charge in [0.1, 0.15) is 6.10 Å². The summed E-state index contributed by atoms with van der Waals surface area (Å²) in [6, 6.07) is 0.264. The first-order chi connectivity index (χ1) is 8.36. The molecule has 3 aliphatic heterocycles. The van der Waals surface area contributed by atoms with E-state index in [9.17, 15) is 4.79 Å². The molecule has 4 rings (SSSR count). The minimum atomic E-state index is 0.171. The maximum Gasteiger partial charge on any atom is 0.227 e. The highest BCUT2D eigenvalue weighted by molar-refractivity contribution is 6.02. The van der Waals surface area contributed by atoms with Crippen molar-refractivity contribution in [3.05, 3.63) is 0 Å². The third-order valence-electron chi connectivity index (χ3n) is 4.92. The summed E-state index contributed by atoms with van der Waals surface area (Å²) < 4.78 is 0. The number of rotatable bonds is 0. The highest BCUT2D eigenvalue weighted by Crippen LogP contribution is 2.44. The second-order valence-corrected chi connectivity index (χ2v) is 5.77. The van der Waals surface area contributed by atoms with Crippen LogP contribution in [0.4, 0.5) is 0 Å². The van der Waals surface area contributed by atoms with E-state index in [1.165, 1.54) is 12.1 Å².